The van der Waals surface area contributed by atoms with Gasteiger partial charge in [-0.25, -0.2) is 0 Å². The predicted molar refractivity (Wildman–Crippen MR) is 58.9 cm³/mol. The van der Waals surface area contributed by atoms with E-state index >= 15 is 0 Å². The molecule has 5 heteroatoms. The van der Waals surface area contributed by atoms with E-state index in [1.807, 2.05) is 0 Å². The molecule has 0 saturated carbocycles. The summed E-state index contributed by atoms with van der Waals surface area (Å²) in [5.74, 6) is -0.703. The highest BCUT2D eigenvalue weighted by Crippen LogP contribution is 2.25. The van der Waals surface area contributed by atoms with Crippen LogP contribution in [0.1, 0.15) is 12.0 Å². The molecule has 4 nitrogen and oxygen atoms in total. The number of nitrogens with one attached hydrogen (secondary N) is 1. The molecule has 82 valence electrons. The molecule has 2 N–H and O–H groups in total. The second-order valence-electron chi connectivity index (χ2n) is 3.43. The maximum absolute atomic E-state index is 11.3. The first-order valence-electron chi connectivity index (χ1n) is 4.59. The second kappa shape index (κ2) is 3.98. The zero-order chi connectivity index (χ0) is 11.7. The third-order valence-electron chi connectivity index (χ3n) is 2.21. The summed E-state index contributed by atoms with van der Waals surface area (Å²) in [5, 5.41) is 11.6. The Morgan fingerprint density at radius 2 is 2.12 bits per heavy atom. The Balaban J connectivity index is 2.32. The molecule has 1 saturated heterocycles. The first-order chi connectivity index (χ1) is 7.56. The highest BCUT2D eigenvalue weighted by molar-refractivity contribution is 6.32. The van der Waals surface area contributed by atoms with E-state index in [9.17, 15) is 14.7 Å². The van der Waals surface area contributed by atoms with E-state index in [1.54, 1.807) is 12.1 Å². The van der Waals surface area contributed by atoms with E-state index in [1.165, 1.54) is 12.1 Å². The van der Waals surface area contributed by atoms with Gasteiger partial charge in [0.05, 0.1) is 11.4 Å². The van der Waals surface area contributed by atoms with Crippen LogP contribution >= 0.6 is 11.6 Å². The van der Waals surface area contributed by atoms with E-state index in [0.29, 0.717) is 11.1 Å². The van der Waals surface area contributed by atoms with Crippen molar-refractivity contribution in [3.8, 4) is 5.75 Å². The number of hydrogen-bond donors (Lipinski definition) is 2. The van der Waals surface area contributed by atoms with Crippen molar-refractivity contribution in [1.82, 2.24) is 5.32 Å². The molecule has 2 amide bonds. The number of aromatic hydroxyl groups is 1. The van der Waals surface area contributed by atoms with Gasteiger partial charge in [-0.15, -0.1) is 0 Å². The summed E-state index contributed by atoms with van der Waals surface area (Å²) in [6.45, 7) is 0. The Labute approximate surface area is 96.5 Å². The first-order valence-corrected chi connectivity index (χ1v) is 4.97. The fourth-order valence-electron chi connectivity index (χ4n) is 1.44. The standard InChI is InChI=1S/C11H8ClNO3/c12-8-4-6(1-2-9(8)14)3-7-5-10(15)13-11(7)16/h1-4,14H,5H2,(H,13,15,16)/b7-3+. The molecule has 0 unspecified atom stereocenters. The van der Waals surface area contributed by atoms with Gasteiger partial charge >= 0.3 is 0 Å². The molecule has 0 bridgehead atoms. The van der Waals surface area contributed by atoms with Crippen LogP contribution in [-0.2, 0) is 9.59 Å². The quantitative estimate of drug-likeness (QED) is 0.574. The molecule has 1 fully saturated rings. The predicted octanol–water partition coefficient (Wildman–Crippen LogP) is 1.48. The first kappa shape index (κ1) is 10.7. The van der Waals surface area contributed by atoms with Crippen LogP contribution in [0.5, 0.6) is 5.75 Å². The number of phenolic OH excluding ortho intramolecular Hbond substituents is 1. The molecular formula is C11H8ClNO3. The van der Waals surface area contributed by atoms with Crippen molar-refractivity contribution >= 4 is 29.5 Å². The van der Waals surface area contributed by atoms with Gasteiger partial charge in [0.25, 0.3) is 5.91 Å². The van der Waals surface area contributed by atoms with E-state index < -0.39 is 0 Å². The number of benzene rings is 1. The van der Waals surface area contributed by atoms with Gasteiger partial charge in [0, 0.05) is 5.57 Å². The lowest BCUT2D eigenvalue weighted by Crippen LogP contribution is -2.19. The normalized spacial score (nSPS) is 17.9. The highest BCUT2D eigenvalue weighted by atomic mass is 35.5. The van der Waals surface area contributed by atoms with Crippen molar-refractivity contribution in [2.24, 2.45) is 0 Å². The van der Waals surface area contributed by atoms with Gasteiger partial charge in [-0.3, -0.25) is 14.9 Å². The Morgan fingerprint density at radius 3 is 2.69 bits per heavy atom. The van der Waals surface area contributed by atoms with Crippen LogP contribution in [0.25, 0.3) is 6.08 Å². The van der Waals surface area contributed by atoms with Gasteiger partial charge in [-0.05, 0) is 23.8 Å². The zero-order valence-corrected chi connectivity index (χ0v) is 8.91. The topological polar surface area (TPSA) is 66.4 Å². The SMILES string of the molecule is O=C1C/C(=C\c2ccc(O)c(Cl)c2)C(=O)N1. The summed E-state index contributed by atoms with van der Waals surface area (Å²) in [6, 6.07) is 4.58. The number of imide groups is 1. The van der Waals surface area contributed by atoms with Crippen molar-refractivity contribution in [2.75, 3.05) is 0 Å². The minimum atomic E-state index is -0.380. The van der Waals surface area contributed by atoms with Crippen molar-refractivity contribution in [3.05, 3.63) is 34.4 Å². The van der Waals surface area contributed by atoms with Crippen LogP contribution in [-0.4, -0.2) is 16.9 Å². The van der Waals surface area contributed by atoms with Gasteiger partial charge in [-0.2, -0.15) is 0 Å². The fourth-order valence-corrected chi connectivity index (χ4v) is 1.62. The second-order valence-corrected chi connectivity index (χ2v) is 3.84. The van der Waals surface area contributed by atoms with Gasteiger partial charge in [0.2, 0.25) is 5.91 Å². The summed E-state index contributed by atoms with van der Waals surface area (Å²) in [5.41, 5.74) is 1.06. The summed E-state index contributed by atoms with van der Waals surface area (Å²) in [4.78, 5) is 22.2. The number of carbonyl (C=O) groups excluding carboxylic acids is 2. The summed E-state index contributed by atoms with van der Waals surface area (Å²) >= 11 is 5.72. The molecule has 1 aliphatic heterocycles. The Bertz CT molecular complexity index is 508. The minimum Gasteiger partial charge on any atom is -0.506 e. The minimum absolute atomic E-state index is 0.0178. The van der Waals surface area contributed by atoms with Crippen molar-refractivity contribution in [2.45, 2.75) is 6.42 Å². The smallest absolute Gasteiger partial charge is 0.254 e. The van der Waals surface area contributed by atoms with Crippen molar-refractivity contribution in [3.63, 3.8) is 0 Å². The number of rotatable bonds is 1. The Morgan fingerprint density at radius 1 is 1.38 bits per heavy atom. The maximum atomic E-state index is 11.3. The lowest BCUT2D eigenvalue weighted by molar-refractivity contribution is -0.124. The number of halogens is 1. The molecule has 0 aliphatic carbocycles. The number of phenols is 1. The van der Waals surface area contributed by atoms with Crippen LogP contribution in [0.2, 0.25) is 5.02 Å². The third kappa shape index (κ3) is 2.06. The summed E-state index contributed by atoms with van der Waals surface area (Å²) in [6.07, 6.45) is 1.66. The molecule has 1 aliphatic rings. The molecule has 0 spiro atoms. The largest absolute Gasteiger partial charge is 0.506 e. The van der Waals surface area contributed by atoms with Crippen LogP contribution in [0.3, 0.4) is 0 Å². The van der Waals surface area contributed by atoms with E-state index in [2.05, 4.69) is 5.32 Å². The average Bonchev–Trinajstić information content (AvgIpc) is 2.51. The maximum Gasteiger partial charge on any atom is 0.254 e. The van der Waals surface area contributed by atoms with Crippen LogP contribution < -0.4 is 5.32 Å². The van der Waals surface area contributed by atoms with Gasteiger partial charge in [0.15, 0.2) is 0 Å². The van der Waals surface area contributed by atoms with Gasteiger partial charge in [0.1, 0.15) is 5.75 Å². The van der Waals surface area contributed by atoms with Gasteiger partial charge in [-0.1, -0.05) is 17.7 Å². The monoisotopic (exact) mass is 237 g/mol. The van der Waals surface area contributed by atoms with E-state index in [4.69, 9.17) is 11.6 Å². The number of amides is 2. The highest BCUT2D eigenvalue weighted by Gasteiger charge is 2.23. The van der Waals surface area contributed by atoms with Gasteiger partial charge < -0.3 is 5.11 Å². The zero-order valence-electron chi connectivity index (χ0n) is 8.16. The third-order valence-corrected chi connectivity index (χ3v) is 2.51. The molecule has 1 aromatic rings. The summed E-state index contributed by atoms with van der Waals surface area (Å²) in [7, 11) is 0. The number of hydrogen-bond acceptors (Lipinski definition) is 3. The van der Waals surface area contributed by atoms with Crippen LogP contribution in [0, 0.1) is 0 Å². The summed E-state index contributed by atoms with van der Waals surface area (Å²) < 4.78 is 0. The molecule has 0 aromatic heterocycles. The lowest BCUT2D eigenvalue weighted by atomic mass is 10.1. The molecule has 2 rings (SSSR count). The molecule has 1 heterocycles. The van der Waals surface area contributed by atoms with Crippen molar-refractivity contribution in [1.29, 1.82) is 0 Å². The average molecular weight is 238 g/mol. The molecule has 1 aromatic carbocycles. The van der Waals surface area contributed by atoms with E-state index in [-0.39, 0.29) is 29.0 Å². The lowest BCUT2D eigenvalue weighted by Gasteiger charge is -1.99. The molecule has 0 atom stereocenters. The van der Waals surface area contributed by atoms with Crippen LogP contribution in [0.15, 0.2) is 23.8 Å². The van der Waals surface area contributed by atoms with E-state index in [0.717, 1.165) is 0 Å². The Hall–Kier alpha value is -1.81. The molecular weight excluding hydrogens is 230 g/mol. The molecule has 0 radical (unpaired) electrons. The van der Waals surface area contributed by atoms with Crippen molar-refractivity contribution < 1.29 is 14.7 Å². The Kier molecular flexibility index (Phi) is 2.66. The molecule has 16 heavy (non-hydrogen) atoms. The fraction of sp³-hybridized carbons (Fsp3) is 0.0909. The number of carbonyl (C=O) groups is 2. The van der Waals surface area contributed by atoms with Crippen LogP contribution in [0.4, 0.5) is 0 Å².